The Morgan fingerprint density at radius 1 is 1.46 bits per heavy atom. The van der Waals surface area contributed by atoms with Gasteiger partial charge in [0.25, 0.3) is 0 Å². The molecule has 70 valence electrons. The van der Waals surface area contributed by atoms with Gasteiger partial charge in [0, 0.05) is 12.2 Å². The molecule has 1 unspecified atom stereocenters. The Hall–Kier alpha value is -1.05. The van der Waals surface area contributed by atoms with Gasteiger partial charge in [0.2, 0.25) is 0 Å². The van der Waals surface area contributed by atoms with E-state index in [1.54, 1.807) is 6.92 Å². The monoisotopic (exact) mass is 179 g/mol. The maximum absolute atomic E-state index is 13.0. The molecule has 1 aliphatic rings. The van der Waals surface area contributed by atoms with E-state index < -0.39 is 6.17 Å². The van der Waals surface area contributed by atoms with Crippen LogP contribution in [0, 0.1) is 0 Å². The average Bonchev–Trinajstić information content (AvgIpc) is 2.17. The molecular weight excluding hydrogens is 165 g/mol. The molecule has 0 saturated carbocycles. The molecule has 0 saturated heterocycles. The third-order valence-electron chi connectivity index (χ3n) is 2.53. The zero-order chi connectivity index (χ0) is 9.26. The fourth-order valence-corrected chi connectivity index (χ4v) is 1.73. The number of aryl methyl sites for hydroxylation is 1. The van der Waals surface area contributed by atoms with Crippen LogP contribution in [0.2, 0.25) is 0 Å². The molecule has 13 heavy (non-hydrogen) atoms. The van der Waals surface area contributed by atoms with Gasteiger partial charge >= 0.3 is 0 Å². The summed E-state index contributed by atoms with van der Waals surface area (Å²) in [5.41, 5.74) is 3.21. The molecule has 0 fully saturated rings. The second-order valence-corrected chi connectivity index (χ2v) is 3.56. The fourth-order valence-electron chi connectivity index (χ4n) is 1.73. The van der Waals surface area contributed by atoms with Gasteiger partial charge in [-0.05, 0) is 37.0 Å². The highest BCUT2D eigenvalue weighted by molar-refractivity contribution is 5.55. The van der Waals surface area contributed by atoms with Crippen LogP contribution in [0.1, 0.15) is 30.6 Å². The van der Waals surface area contributed by atoms with E-state index in [0.717, 1.165) is 24.2 Å². The van der Waals surface area contributed by atoms with E-state index in [1.165, 1.54) is 12.0 Å². The van der Waals surface area contributed by atoms with Crippen molar-refractivity contribution < 1.29 is 4.39 Å². The number of hydrogen-bond acceptors (Lipinski definition) is 1. The highest BCUT2D eigenvalue weighted by Gasteiger charge is 2.10. The summed E-state index contributed by atoms with van der Waals surface area (Å²) in [4.78, 5) is 0. The van der Waals surface area contributed by atoms with E-state index in [2.05, 4.69) is 5.32 Å². The summed E-state index contributed by atoms with van der Waals surface area (Å²) >= 11 is 0. The first-order chi connectivity index (χ1) is 6.27. The van der Waals surface area contributed by atoms with E-state index in [0.29, 0.717) is 0 Å². The van der Waals surface area contributed by atoms with Gasteiger partial charge in [-0.15, -0.1) is 0 Å². The molecule has 1 aliphatic heterocycles. The highest BCUT2D eigenvalue weighted by Crippen LogP contribution is 2.26. The second-order valence-electron chi connectivity index (χ2n) is 3.56. The van der Waals surface area contributed by atoms with Crippen molar-refractivity contribution in [2.24, 2.45) is 0 Å². The lowest BCUT2D eigenvalue weighted by Crippen LogP contribution is -2.11. The maximum Gasteiger partial charge on any atom is 0.122 e. The minimum Gasteiger partial charge on any atom is -0.385 e. The van der Waals surface area contributed by atoms with Gasteiger partial charge in [0.1, 0.15) is 6.17 Å². The Morgan fingerprint density at radius 3 is 3.08 bits per heavy atom. The summed E-state index contributed by atoms with van der Waals surface area (Å²) in [6, 6.07) is 5.85. The Balaban J connectivity index is 2.35. The van der Waals surface area contributed by atoms with Crippen LogP contribution < -0.4 is 5.32 Å². The zero-order valence-electron chi connectivity index (χ0n) is 7.81. The van der Waals surface area contributed by atoms with Gasteiger partial charge in [0.15, 0.2) is 0 Å². The van der Waals surface area contributed by atoms with E-state index in [4.69, 9.17) is 0 Å². The van der Waals surface area contributed by atoms with E-state index in [1.807, 2.05) is 18.2 Å². The topological polar surface area (TPSA) is 12.0 Å². The first kappa shape index (κ1) is 8.54. The van der Waals surface area contributed by atoms with Crippen LogP contribution in [0.3, 0.4) is 0 Å². The largest absolute Gasteiger partial charge is 0.385 e. The third-order valence-corrected chi connectivity index (χ3v) is 2.53. The number of alkyl halides is 1. The normalized spacial score (nSPS) is 17.4. The zero-order valence-corrected chi connectivity index (χ0v) is 7.81. The summed E-state index contributed by atoms with van der Waals surface area (Å²) in [7, 11) is 0. The van der Waals surface area contributed by atoms with Crippen LogP contribution in [-0.2, 0) is 6.42 Å². The van der Waals surface area contributed by atoms with Gasteiger partial charge in [-0.1, -0.05) is 12.1 Å². The molecular formula is C11H14FN. The lowest BCUT2D eigenvalue weighted by Gasteiger charge is -2.18. The van der Waals surface area contributed by atoms with Crippen molar-refractivity contribution in [3.8, 4) is 0 Å². The lowest BCUT2D eigenvalue weighted by molar-refractivity contribution is 0.374. The summed E-state index contributed by atoms with van der Waals surface area (Å²) in [6.07, 6.45) is 1.43. The average molecular weight is 179 g/mol. The molecule has 0 amide bonds. The van der Waals surface area contributed by atoms with Crippen LogP contribution >= 0.6 is 0 Å². The smallest absolute Gasteiger partial charge is 0.122 e. The summed E-state index contributed by atoms with van der Waals surface area (Å²) < 4.78 is 13.0. The Bertz CT molecular complexity index is 307. The van der Waals surface area contributed by atoms with Crippen molar-refractivity contribution in [1.82, 2.24) is 0 Å². The van der Waals surface area contributed by atoms with Crippen LogP contribution in [0.25, 0.3) is 0 Å². The van der Waals surface area contributed by atoms with Crippen molar-refractivity contribution in [3.05, 3.63) is 29.3 Å². The molecule has 0 aliphatic carbocycles. The molecule has 0 bridgehead atoms. The number of anilines is 1. The number of halogens is 1. The summed E-state index contributed by atoms with van der Waals surface area (Å²) in [6.45, 7) is 2.58. The lowest BCUT2D eigenvalue weighted by atomic mass is 10.00. The molecule has 1 heterocycles. The van der Waals surface area contributed by atoms with Crippen LogP contribution in [0.15, 0.2) is 18.2 Å². The minimum atomic E-state index is -0.867. The molecule has 2 rings (SSSR count). The van der Waals surface area contributed by atoms with E-state index >= 15 is 0 Å². The van der Waals surface area contributed by atoms with E-state index in [-0.39, 0.29) is 0 Å². The highest BCUT2D eigenvalue weighted by atomic mass is 19.1. The molecule has 2 heteroatoms. The molecule has 0 spiro atoms. The number of rotatable bonds is 1. The van der Waals surface area contributed by atoms with Crippen LogP contribution in [-0.4, -0.2) is 6.54 Å². The molecule has 0 radical (unpaired) electrons. The van der Waals surface area contributed by atoms with Crippen molar-refractivity contribution >= 4 is 5.69 Å². The van der Waals surface area contributed by atoms with Crippen molar-refractivity contribution in [3.63, 3.8) is 0 Å². The van der Waals surface area contributed by atoms with Crippen LogP contribution in [0.4, 0.5) is 10.1 Å². The molecule has 1 N–H and O–H groups in total. The Morgan fingerprint density at radius 2 is 2.31 bits per heavy atom. The number of benzene rings is 1. The van der Waals surface area contributed by atoms with Crippen molar-refractivity contribution in [2.75, 3.05) is 11.9 Å². The predicted molar refractivity (Wildman–Crippen MR) is 52.8 cm³/mol. The van der Waals surface area contributed by atoms with Gasteiger partial charge in [0.05, 0.1) is 0 Å². The number of nitrogens with one attached hydrogen (secondary N) is 1. The van der Waals surface area contributed by atoms with Crippen molar-refractivity contribution in [1.29, 1.82) is 0 Å². The minimum absolute atomic E-state index is 0.771. The number of hydrogen-bond donors (Lipinski definition) is 1. The number of fused-ring (bicyclic) bond motifs is 1. The summed E-state index contributed by atoms with van der Waals surface area (Å²) in [5.74, 6) is 0. The van der Waals surface area contributed by atoms with E-state index in [9.17, 15) is 4.39 Å². The van der Waals surface area contributed by atoms with Crippen LogP contribution in [0.5, 0.6) is 0 Å². The second kappa shape index (κ2) is 3.36. The third kappa shape index (κ3) is 1.67. The molecule has 1 aromatic carbocycles. The van der Waals surface area contributed by atoms with Gasteiger partial charge < -0.3 is 5.32 Å². The predicted octanol–water partition coefficient (Wildman–Crippen LogP) is 3.08. The first-order valence-electron chi connectivity index (χ1n) is 4.78. The maximum atomic E-state index is 13.0. The SMILES string of the molecule is CC(F)c1ccc2c(c1)NCCC2. The van der Waals surface area contributed by atoms with Gasteiger partial charge in [-0.2, -0.15) is 0 Å². The Labute approximate surface area is 78.0 Å². The molecule has 1 aromatic rings. The molecule has 1 nitrogen and oxygen atoms in total. The quantitative estimate of drug-likeness (QED) is 0.698. The van der Waals surface area contributed by atoms with Gasteiger partial charge in [-0.25, -0.2) is 4.39 Å². The van der Waals surface area contributed by atoms with Gasteiger partial charge in [-0.3, -0.25) is 0 Å². The standard InChI is InChI=1S/C11H14FN/c1-8(12)10-5-4-9-3-2-6-13-11(9)7-10/h4-5,7-8,13H,2-3,6H2,1H3. The molecule has 0 aromatic heterocycles. The molecule has 1 atom stereocenters. The Kier molecular flexibility index (Phi) is 2.21. The first-order valence-corrected chi connectivity index (χ1v) is 4.78. The fraction of sp³-hybridized carbons (Fsp3) is 0.455. The summed E-state index contributed by atoms with van der Waals surface area (Å²) in [5, 5.41) is 3.29. The van der Waals surface area contributed by atoms with Crippen molar-refractivity contribution in [2.45, 2.75) is 25.9 Å².